The molecule has 7 nitrogen and oxygen atoms in total. The predicted octanol–water partition coefficient (Wildman–Crippen LogP) is 3.47. The van der Waals surface area contributed by atoms with E-state index in [0.717, 1.165) is 5.56 Å². The summed E-state index contributed by atoms with van der Waals surface area (Å²) < 4.78 is 15.9. The molecule has 0 radical (unpaired) electrons. The number of ether oxygens (including phenoxy) is 3. The quantitative estimate of drug-likeness (QED) is 0.510. The Morgan fingerprint density at radius 2 is 1.87 bits per heavy atom. The van der Waals surface area contributed by atoms with Gasteiger partial charge in [0.15, 0.2) is 5.78 Å². The Bertz CT molecular complexity index is 947. The van der Waals surface area contributed by atoms with Gasteiger partial charge in [-0.15, -0.1) is 0 Å². The second-order valence-electron chi connectivity index (χ2n) is 7.87. The van der Waals surface area contributed by atoms with Gasteiger partial charge in [0.05, 0.1) is 20.3 Å². The summed E-state index contributed by atoms with van der Waals surface area (Å²) in [6.07, 6.45) is 0.454. The first-order valence-electron chi connectivity index (χ1n) is 10.6. The van der Waals surface area contributed by atoms with Gasteiger partial charge in [-0.05, 0) is 50.8 Å². The molecule has 3 rings (SSSR count). The minimum absolute atomic E-state index is 0.218. The number of rotatable bonds is 6. The lowest BCUT2D eigenvalue weighted by atomic mass is 9.67. The molecule has 2 aliphatic rings. The van der Waals surface area contributed by atoms with Crippen molar-refractivity contribution in [2.24, 2.45) is 22.7 Å². The van der Waals surface area contributed by atoms with Gasteiger partial charge in [-0.2, -0.15) is 0 Å². The summed E-state index contributed by atoms with van der Waals surface area (Å²) in [4.78, 5) is 43.6. The van der Waals surface area contributed by atoms with Crippen molar-refractivity contribution in [2.45, 2.75) is 40.0 Å². The number of methoxy groups -OCH3 is 1. The average molecular weight is 427 g/mol. The van der Waals surface area contributed by atoms with E-state index in [4.69, 9.17) is 14.2 Å². The molecule has 0 aromatic heterocycles. The first-order chi connectivity index (χ1) is 14.8. The second kappa shape index (κ2) is 9.45. The summed E-state index contributed by atoms with van der Waals surface area (Å²) in [7, 11) is 1.28. The lowest BCUT2D eigenvalue weighted by molar-refractivity contribution is -0.151. The molecule has 4 atom stereocenters. The van der Waals surface area contributed by atoms with E-state index in [1.165, 1.54) is 7.11 Å². The molecular weight excluding hydrogens is 398 g/mol. The number of carbonyl (C=O) groups is 3. The molecule has 31 heavy (non-hydrogen) atoms. The van der Waals surface area contributed by atoms with Crippen LogP contribution in [-0.2, 0) is 23.9 Å². The molecule has 1 aliphatic heterocycles. The van der Waals surface area contributed by atoms with Gasteiger partial charge in [-0.25, -0.2) is 0 Å². The normalized spacial score (nSPS) is 25.5. The largest absolute Gasteiger partial charge is 0.494 e. The van der Waals surface area contributed by atoms with Gasteiger partial charge in [0.1, 0.15) is 17.6 Å². The zero-order chi connectivity index (χ0) is 22.7. The zero-order valence-corrected chi connectivity index (χ0v) is 18.6. The molecule has 1 aliphatic carbocycles. The minimum Gasteiger partial charge on any atom is -0.494 e. The number of benzene rings is 1. The first-order valence-corrected chi connectivity index (χ1v) is 10.6. The van der Waals surface area contributed by atoms with Crippen LogP contribution >= 0.6 is 0 Å². The number of esters is 2. The van der Waals surface area contributed by atoms with Crippen LogP contribution in [0.5, 0.6) is 5.75 Å². The van der Waals surface area contributed by atoms with Crippen molar-refractivity contribution in [1.82, 2.24) is 0 Å². The SMILES string of the molecule is CCOC(=O)[C@H]1C(C)=NC2=C(C(=O)[C@@H](C(=O)OC)[C@H](C)C2)[C@@H]1c1cccc(OCC)c1. The highest BCUT2D eigenvalue weighted by molar-refractivity contribution is 6.14. The van der Waals surface area contributed by atoms with Gasteiger partial charge in [0.2, 0.25) is 0 Å². The van der Waals surface area contributed by atoms with Gasteiger partial charge in [0, 0.05) is 22.9 Å². The number of nitrogens with zero attached hydrogens (tertiary/aromatic N) is 1. The van der Waals surface area contributed by atoms with Crippen molar-refractivity contribution < 1.29 is 28.6 Å². The van der Waals surface area contributed by atoms with Crippen LogP contribution in [-0.4, -0.2) is 43.8 Å². The maximum atomic E-state index is 13.6. The van der Waals surface area contributed by atoms with Crippen LogP contribution in [0.1, 0.15) is 45.6 Å². The fraction of sp³-hybridized carbons (Fsp3) is 0.500. The summed E-state index contributed by atoms with van der Waals surface area (Å²) in [5.74, 6) is -3.23. The topological polar surface area (TPSA) is 91.3 Å². The van der Waals surface area contributed by atoms with E-state index in [0.29, 0.717) is 35.8 Å². The molecular formula is C24H29NO6. The maximum absolute atomic E-state index is 13.6. The Morgan fingerprint density at radius 3 is 2.52 bits per heavy atom. The van der Waals surface area contributed by atoms with Gasteiger partial charge in [-0.3, -0.25) is 19.4 Å². The van der Waals surface area contributed by atoms with Crippen LogP contribution in [0, 0.1) is 17.8 Å². The van der Waals surface area contributed by atoms with Crippen LogP contribution in [0.2, 0.25) is 0 Å². The van der Waals surface area contributed by atoms with Crippen LogP contribution < -0.4 is 4.74 Å². The molecule has 1 heterocycles. The molecule has 0 bridgehead atoms. The standard InChI is InChI=1S/C24H29NO6/c1-6-30-16-10-8-9-15(12-16)20-19(24(28)31-7-2)14(4)25-17-11-13(3)18(23(27)29-5)22(26)21(17)20/h8-10,12-13,18-20H,6-7,11H2,1-5H3/t13-,18+,19+,20-/m1/s1. The van der Waals surface area contributed by atoms with Crippen LogP contribution in [0.4, 0.5) is 0 Å². The third kappa shape index (κ3) is 4.27. The molecule has 0 unspecified atom stereocenters. The maximum Gasteiger partial charge on any atom is 0.316 e. The van der Waals surface area contributed by atoms with Crippen molar-refractivity contribution in [2.75, 3.05) is 20.3 Å². The van der Waals surface area contributed by atoms with Gasteiger partial charge in [0.25, 0.3) is 0 Å². The Kier molecular flexibility index (Phi) is 6.93. The lowest BCUT2D eigenvalue weighted by Crippen LogP contribution is -2.43. The third-order valence-electron chi connectivity index (χ3n) is 5.87. The number of allylic oxidation sites excluding steroid dienone is 2. The lowest BCUT2D eigenvalue weighted by Gasteiger charge is -2.38. The number of Topliss-reactive ketones (excluding diaryl/α,β-unsaturated/α-hetero) is 1. The predicted molar refractivity (Wildman–Crippen MR) is 115 cm³/mol. The first kappa shape index (κ1) is 22.7. The minimum atomic E-state index is -0.919. The van der Waals surface area contributed by atoms with E-state index in [1.54, 1.807) is 13.8 Å². The molecule has 1 aromatic carbocycles. The highest BCUT2D eigenvalue weighted by atomic mass is 16.5. The van der Waals surface area contributed by atoms with Gasteiger partial charge in [-0.1, -0.05) is 19.1 Å². The molecule has 0 saturated carbocycles. The Morgan fingerprint density at radius 1 is 1.13 bits per heavy atom. The van der Waals surface area contributed by atoms with E-state index in [2.05, 4.69) is 4.99 Å². The van der Waals surface area contributed by atoms with E-state index in [-0.39, 0.29) is 18.3 Å². The fourth-order valence-electron chi connectivity index (χ4n) is 4.56. The Balaban J connectivity index is 2.18. The monoisotopic (exact) mass is 427 g/mol. The number of carbonyl (C=O) groups excluding carboxylic acids is 3. The molecule has 0 spiro atoms. The summed E-state index contributed by atoms with van der Waals surface area (Å²) in [5.41, 5.74) is 2.37. The van der Waals surface area contributed by atoms with E-state index in [1.807, 2.05) is 38.1 Å². The second-order valence-corrected chi connectivity index (χ2v) is 7.87. The number of hydrogen-bond acceptors (Lipinski definition) is 7. The Labute approximate surface area is 182 Å². The number of aliphatic imine (C=N–C) groups is 1. The molecule has 0 fully saturated rings. The summed E-state index contributed by atoms with van der Waals surface area (Å²) in [5, 5.41) is 0. The summed E-state index contributed by atoms with van der Waals surface area (Å²) >= 11 is 0. The van der Waals surface area contributed by atoms with Gasteiger partial charge >= 0.3 is 11.9 Å². The number of hydrogen-bond donors (Lipinski definition) is 0. The smallest absolute Gasteiger partial charge is 0.316 e. The molecule has 0 N–H and O–H groups in total. The van der Waals surface area contributed by atoms with Crippen molar-refractivity contribution in [1.29, 1.82) is 0 Å². The molecule has 7 heteroatoms. The molecule has 1 aromatic rings. The Hall–Kier alpha value is -2.96. The fourth-order valence-corrected chi connectivity index (χ4v) is 4.56. The molecule has 0 saturated heterocycles. The summed E-state index contributed by atoms with van der Waals surface area (Å²) in [6, 6.07) is 7.36. The van der Waals surface area contributed by atoms with Crippen molar-refractivity contribution >= 4 is 23.4 Å². The number of ketones is 1. The van der Waals surface area contributed by atoms with Crippen molar-refractivity contribution in [3.05, 3.63) is 41.1 Å². The highest BCUT2D eigenvalue weighted by Gasteiger charge is 2.49. The van der Waals surface area contributed by atoms with Gasteiger partial charge < -0.3 is 14.2 Å². The van der Waals surface area contributed by atoms with E-state index in [9.17, 15) is 14.4 Å². The molecule has 166 valence electrons. The summed E-state index contributed by atoms with van der Waals surface area (Å²) in [6.45, 7) is 7.96. The zero-order valence-electron chi connectivity index (χ0n) is 18.6. The van der Waals surface area contributed by atoms with Crippen LogP contribution in [0.15, 0.2) is 40.5 Å². The third-order valence-corrected chi connectivity index (χ3v) is 5.87. The highest BCUT2D eigenvalue weighted by Crippen LogP contribution is 2.47. The van der Waals surface area contributed by atoms with Crippen LogP contribution in [0.25, 0.3) is 0 Å². The average Bonchev–Trinajstić information content (AvgIpc) is 2.73. The van der Waals surface area contributed by atoms with Crippen molar-refractivity contribution in [3.8, 4) is 5.75 Å². The van der Waals surface area contributed by atoms with Crippen LogP contribution in [0.3, 0.4) is 0 Å². The van der Waals surface area contributed by atoms with Crippen molar-refractivity contribution in [3.63, 3.8) is 0 Å². The van der Waals surface area contributed by atoms with E-state index < -0.39 is 29.7 Å². The van der Waals surface area contributed by atoms with E-state index >= 15 is 0 Å². The molecule has 0 amide bonds.